The van der Waals surface area contributed by atoms with E-state index in [-0.39, 0.29) is 12.5 Å². The van der Waals surface area contributed by atoms with E-state index in [1.165, 1.54) is 0 Å². The number of aliphatic hydroxyl groups excluding tert-OH is 1. The average Bonchev–Trinajstić information content (AvgIpc) is 2.20. The summed E-state index contributed by atoms with van der Waals surface area (Å²) in [4.78, 5) is 13.1. The number of hydrogen-bond acceptors (Lipinski definition) is 3. The van der Waals surface area contributed by atoms with E-state index in [1.54, 1.807) is 12.0 Å². The lowest BCUT2D eigenvalue weighted by atomic mass is 10.3. The third-order valence-corrected chi connectivity index (χ3v) is 2.08. The fourth-order valence-corrected chi connectivity index (χ4v) is 1.19. The zero-order valence-corrected chi connectivity index (χ0v) is 9.29. The van der Waals surface area contributed by atoms with Crippen LogP contribution in [0.2, 0.25) is 0 Å². The molecule has 0 aromatic rings. The minimum absolute atomic E-state index is 0.0175. The molecular formula is C9H18ClNO3. The first-order valence-corrected chi connectivity index (χ1v) is 5.23. The van der Waals surface area contributed by atoms with Crippen molar-refractivity contribution < 1.29 is 14.6 Å². The second-order valence-corrected chi connectivity index (χ2v) is 3.27. The molecular weight excluding hydrogens is 206 g/mol. The van der Waals surface area contributed by atoms with Gasteiger partial charge in [-0.2, -0.15) is 0 Å². The smallest absolute Gasteiger partial charge is 0.222 e. The highest BCUT2D eigenvalue weighted by molar-refractivity contribution is 6.17. The monoisotopic (exact) mass is 223 g/mol. The maximum Gasteiger partial charge on any atom is 0.222 e. The standard InChI is InChI=1S/C9H18ClNO3/c1-14-8-6-11(5-7-12)9(13)3-2-4-10/h12H,2-8H2,1H3. The summed E-state index contributed by atoms with van der Waals surface area (Å²) in [5, 5.41) is 8.75. The lowest BCUT2D eigenvalue weighted by molar-refractivity contribution is -0.132. The Morgan fingerprint density at radius 1 is 1.50 bits per heavy atom. The zero-order chi connectivity index (χ0) is 10.8. The molecule has 0 unspecified atom stereocenters. The van der Waals surface area contributed by atoms with E-state index in [2.05, 4.69) is 0 Å². The average molecular weight is 224 g/mol. The van der Waals surface area contributed by atoms with Crippen LogP contribution in [0.1, 0.15) is 12.8 Å². The van der Waals surface area contributed by atoms with Gasteiger partial charge < -0.3 is 14.7 Å². The Morgan fingerprint density at radius 2 is 2.21 bits per heavy atom. The van der Waals surface area contributed by atoms with E-state index >= 15 is 0 Å². The molecule has 0 bridgehead atoms. The summed E-state index contributed by atoms with van der Waals surface area (Å²) in [6.45, 7) is 1.37. The van der Waals surface area contributed by atoms with Gasteiger partial charge in [0.1, 0.15) is 0 Å². The Balaban J connectivity index is 3.84. The molecule has 0 radical (unpaired) electrons. The van der Waals surface area contributed by atoms with E-state index in [9.17, 15) is 4.79 Å². The zero-order valence-electron chi connectivity index (χ0n) is 8.54. The Hall–Kier alpha value is -0.320. The Labute approximate surface area is 89.8 Å². The molecule has 0 rings (SSSR count). The van der Waals surface area contributed by atoms with Gasteiger partial charge in [0.2, 0.25) is 5.91 Å². The van der Waals surface area contributed by atoms with Crippen molar-refractivity contribution >= 4 is 17.5 Å². The Morgan fingerprint density at radius 3 is 2.71 bits per heavy atom. The van der Waals surface area contributed by atoms with Crippen LogP contribution >= 0.6 is 11.6 Å². The van der Waals surface area contributed by atoms with Crippen LogP contribution in [-0.4, -0.2) is 55.2 Å². The molecule has 0 saturated carbocycles. The molecule has 0 aliphatic rings. The van der Waals surface area contributed by atoms with Crippen molar-refractivity contribution in [1.82, 2.24) is 4.90 Å². The van der Waals surface area contributed by atoms with Crippen LogP contribution in [-0.2, 0) is 9.53 Å². The first-order chi connectivity index (χ1) is 6.76. The molecule has 0 heterocycles. The van der Waals surface area contributed by atoms with Crippen molar-refractivity contribution in [1.29, 1.82) is 0 Å². The normalized spacial score (nSPS) is 10.2. The number of ether oxygens (including phenoxy) is 1. The van der Waals surface area contributed by atoms with Crippen molar-refractivity contribution in [2.75, 3.05) is 39.3 Å². The number of nitrogens with zero attached hydrogens (tertiary/aromatic N) is 1. The molecule has 4 nitrogen and oxygen atoms in total. The Kier molecular flexibility index (Phi) is 9.03. The number of halogens is 1. The molecule has 0 aliphatic heterocycles. The van der Waals surface area contributed by atoms with Gasteiger partial charge in [0, 0.05) is 32.5 Å². The van der Waals surface area contributed by atoms with Gasteiger partial charge in [-0.25, -0.2) is 0 Å². The summed E-state index contributed by atoms with van der Waals surface area (Å²) in [6.07, 6.45) is 1.11. The van der Waals surface area contributed by atoms with Crippen LogP contribution in [0, 0.1) is 0 Å². The second kappa shape index (κ2) is 9.24. The first kappa shape index (κ1) is 13.7. The SMILES string of the molecule is COCCN(CCO)C(=O)CCCCl. The molecule has 0 aromatic carbocycles. The molecule has 0 atom stereocenters. The second-order valence-electron chi connectivity index (χ2n) is 2.89. The summed E-state index contributed by atoms with van der Waals surface area (Å²) < 4.78 is 4.87. The van der Waals surface area contributed by atoms with Gasteiger partial charge in [0.05, 0.1) is 13.2 Å². The highest BCUT2D eigenvalue weighted by Gasteiger charge is 2.11. The third-order valence-electron chi connectivity index (χ3n) is 1.81. The predicted octanol–water partition coefficient (Wildman–Crippen LogP) is 0.473. The van der Waals surface area contributed by atoms with Crippen LogP contribution in [0.3, 0.4) is 0 Å². The summed E-state index contributed by atoms with van der Waals surface area (Å²) >= 11 is 5.49. The van der Waals surface area contributed by atoms with Crippen molar-refractivity contribution in [3.8, 4) is 0 Å². The molecule has 0 aliphatic carbocycles. The fourth-order valence-electron chi connectivity index (χ4n) is 1.06. The van der Waals surface area contributed by atoms with Gasteiger partial charge in [0.25, 0.3) is 0 Å². The van der Waals surface area contributed by atoms with E-state index in [0.29, 0.717) is 38.4 Å². The van der Waals surface area contributed by atoms with Crippen molar-refractivity contribution in [3.63, 3.8) is 0 Å². The van der Waals surface area contributed by atoms with Gasteiger partial charge in [-0.1, -0.05) is 0 Å². The van der Waals surface area contributed by atoms with Crippen molar-refractivity contribution in [2.24, 2.45) is 0 Å². The quantitative estimate of drug-likeness (QED) is 0.609. The van der Waals surface area contributed by atoms with E-state index < -0.39 is 0 Å². The van der Waals surface area contributed by atoms with Crippen LogP contribution < -0.4 is 0 Å². The van der Waals surface area contributed by atoms with Crippen molar-refractivity contribution in [2.45, 2.75) is 12.8 Å². The summed E-state index contributed by atoms with van der Waals surface area (Å²) in [6, 6.07) is 0. The molecule has 1 N–H and O–H groups in total. The minimum Gasteiger partial charge on any atom is -0.395 e. The molecule has 1 amide bonds. The number of hydrogen-bond donors (Lipinski definition) is 1. The lowest BCUT2D eigenvalue weighted by Gasteiger charge is -2.21. The van der Waals surface area contributed by atoms with Crippen molar-refractivity contribution in [3.05, 3.63) is 0 Å². The molecule has 0 aromatic heterocycles. The molecule has 0 spiro atoms. The molecule has 0 fully saturated rings. The molecule has 0 saturated heterocycles. The molecule has 5 heteroatoms. The third kappa shape index (κ3) is 6.18. The highest BCUT2D eigenvalue weighted by Crippen LogP contribution is 1.99. The van der Waals surface area contributed by atoms with E-state index in [1.807, 2.05) is 0 Å². The number of amides is 1. The molecule has 84 valence electrons. The fraction of sp³-hybridized carbons (Fsp3) is 0.889. The molecule has 14 heavy (non-hydrogen) atoms. The Bertz CT molecular complexity index is 155. The van der Waals surface area contributed by atoms with Gasteiger partial charge in [-0.3, -0.25) is 4.79 Å². The number of rotatable bonds is 8. The van der Waals surface area contributed by atoms with E-state index in [0.717, 1.165) is 0 Å². The predicted molar refractivity (Wildman–Crippen MR) is 55.5 cm³/mol. The highest BCUT2D eigenvalue weighted by atomic mass is 35.5. The van der Waals surface area contributed by atoms with Gasteiger partial charge in [-0.15, -0.1) is 11.6 Å². The lowest BCUT2D eigenvalue weighted by Crippen LogP contribution is -2.36. The summed E-state index contributed by atoms with van der Waals surface area (Å²) in [5.41, 5.74) is 0. The van der Waals surface area contributed by atoms with Gasteiger partial charge in [0.15, 0.2) is 0 Å². The topological polar surface area (TPSA) is 49.8 Å². The largest absolute Gasteiger partial charge is 0.395 e. The summed E-state index contributed by atoms with van der Waals surface area (Å²) in [5.74, 6) is 0.514. The van der Waals surface area contributed by atoms with Crippen LogP contribution in [0.25, 0.3) is 0 Å². The number of carbonyl (C=O) groups is 1. The number of carbonyl (C=O) groups excluding carboxylic acids is 1. The van der Waals surface area contributed by atoms with Crippen LogP contribution in [0.4, 0.5) is 0 Å². The van der Waals surface area contributed by atoms with Gasteiger partial charge in [-0.05, 0) is 6.42 Å². The van der Waals surface area contributed by atoms with Crippen LogP contribution in [0.15, 0.2) is 0 Å². The van der Waals surface area contributed by atoms with Gasteiger partial charge >= 0.3 is 0 Å². The minimum atomic E-state index is -0.0175. The maximum absolute atomic E-state index is 11.5. The summed E-state index contributed by atoms with van der Waals surface area (Å²) in [7, 11) is 1.58. The van der Waals surface area contributed by atoms with Crippen LogP contribution in [0.5, 0.6) is 0 Å². The van der Waals surface area contributed by atoms with E-state index in [4.69, 9.17) is 21.4 Å². The number of aliphatic hydroxyl groups is 1. The first-order valence-electron chi connectivity index (χ1n) is 4.69. The maximum atomic E-state index is 11.5. The number of methoxy groups -OCH3 is 1. The number of alkyl halides is 1.